The molecule has 0 rings (SSSR count). The number of rotatable bonds is 5. The Balaban J connectivity index is 3.68. The highest BCUT2D eigenvalue weighted by atomic mass is 16.7. The summed E-state index contributed by atoms with van der Waals surface area (Å²) in [7, 11) is 3.08. The van der Waals surface area contributed by atoms with Gasteiger partial charge in [0.1, 0.15) is 5.76 Å². The fourth-order valence-corrected chi connectivity index (χ4v) is 0.540. The van der Waals surface area contributed by atoms with Crippen LogP contribution in [-0.4, -0.2) is 27.1 Å². The SMILES string of the molecule is C=C(OC)C(OC)OCC. The van der Waals surface area contributed by atoms with Gasteiger partial charge in [-0.25, -0.2) is 0 Å². The first-order valence-corrected chi connectivity index (χ1v) is 3.13. The molecule has 0 saturated carbocycles. The standard InChI is InChI=1S/C7H14O3/c1-5-10-7(9-4)6(2)8-3/h7H,2,5H2,1,3-4H3. The summed E-state index contributed by atoms with van der Waals surface area (Å²) in [6, 6.07) is 0. The van der Waals surface area contributed by atoms with Crippen LogP contribution in [0.25, 0.3) is 0 Å². The highest BCUT2D eigenvalue weighted by Crippen LogP contribution is 2.04. The van der Waals surface area contributed by atoms with Crippen molar-refractivity contribution in [1.82, 2.24) is 0 Å². The van der Waals surface area contributed by atoms with Gasteiger partial charge in [0.2, 0.25) is 6.29 Å². The Labute approximate surface area is 61.6 Å². The molecular formula is C7H14O3. The minimum atomic E-state index is -0.435. The van der Waals surface area contributed by atoms with Crippen LogP contribution < -0.4 is 0 Å². The van der Waals surface area contributed by atoms with E-state index in [9.17, 15) is 0 Å². The van der Waals surface area contributed by atoms with Gasteiger partial charge < -0.3 is 14.2 Å². The molecule has 0 bridgehead atoms. The van der Waals surface area contributed by atoms with Crippen LogP contribution in [0.4, 0.5) is 0 Å². The molecule has 0 heterocycles. The molecule has 0 radical (unpaired) electrons. The summed E-state index contributed by atoms with van der Waals surface area (Å²) >= 11 is 0. The van der Waals surface area contributed by atoms with E-state index in [0.29, 0.717) is 12.4 Å². The highest BCUT2D eigenvalue weighted by Gasteiger charge is 2.10. The Kier molecular flexibility index (Phi) is 4.98. The van der Waals surface area contributed by atoms with E-state index >= 15 is 0 Å². The summed E-state index contributed by atoms with van der Waals surface area (Å²) in [4.78, 5) is 0. The van der Waals surface area contributed by atoms with Crippen molar-refractivity contribution in [3.63, 3.8) is 0 Å². The van der Waals surface area contributed by atoms with E-state index in [-0.39, 0.29) is 0 Å². The zero-order valence-electron chi connectivity index (χ0n) is 6.72. The number of ether oxygens (including phenoxy) is 3. The molecule has 0 aliphatic carbocycles. The van der Waals surface area contributed by atoms with Crippen LogP contribution in [-0.2, 0) is 14.2 Å². The second-order valence-electron chi connectivity index (χ2n) is 1.69. The molecule has 1 atom stereocenters. The molecule has 0 aromatic heterocycles. The van der Waals surface area contributed by atoms with Crippen molar-refractivity contribution in [3.8, 4) is 0 Å². The largest absolute Gasteiger partial charge is 0.496 e. The number of hydrogen-bond donors (Lipinski definition) is 0. The first-order valence-electron chi connectivity index (χ1n) is 3.13. The lowest BCUT2D eigenvalue weighted by atomic mass is 10.5. The summed E-state index contributed by atoms with van der Waals surface area (Å²) in [5.74, 6) is 0.490. The molecular weight excluding hydrogens is 132 g/mol. The van der Waals surface area contributed by atoms with Gasteiger partial charge in [-0.15, -0.1) is 0 Å². The molecule has 1 unspecified atom stereocenters. The summed E-state index contributed by atoms with van der Waals surface area (Å²) in [6.45, 7) is 6.06. The van der Waals surface area contributed by atoms with Crippen molar-refractivity contribution in [2.75, 3.05) is 20.8 Å². The Morgan fingerprint density at radius 3 is 2.40 bits per heavy atom. The summed E-state index contributed by atoms with van der Waals surface area (Å²) in [5, 5.41) is 0. The van der Waals surface area contributed by atoms with Crippen LogP contribution in [0.2, 0.25) is 0 Å². The number of hydrogen-bond acceptors (Lipinski definition) is 3. The molecule has 10 heavy (non-hydrogen) atoms. The van der Waals surface area contributed by atoms with Gasteiger partial charge in [0.25, 0.3) is 0 Å². The molecule has 3 heteroatoms. The predicted octanol–water partition coefficient (Wildman–Crippen LogP) is 1.16. The van der Waals surface area contributed by atoms with Crippen molar-refractivity contribution in [2.45, 2.75) is 13.2 Å². The third-order valence-electron chi connectivity index (χ3n) is 1.06. The maximum absolute atomic E-state index is 5.10. The summed E-state index contributed by atoms with van der Waals surface area (Å²) < 4.78 is 14.8. The molecule has 0 aromatic carbocycles. The minimum absolute atomic E-state index is 0.435. The van der Waals surface area contributed by atoms with Gasteiger partial charge in [-0.3, -0.25) is 0 Å². The fourth-order valence-electron chi connectivity index (χ4n) is 0.540. The Morgan fingerprint density at radius 2 is 2.10 bits per heavy atom. The molecule has 3 nitrogen and oxygen atoms in total. The third kappa shape index (κ3) is 2.85. The lowest BCUT2D eigenvalue weighted by Gasteiger charge is -2.15. The first-order chi connectivity index (χ1) is 4.76. The second-order valence-corrected chi connectivity index (χ2v) is 1.69. The molecule has 0 amide bonds. The van der Waals surface area contributed by atoms with Crippen molar-refractivity contribution < 1.29 is 14.2 Å². The summed E-state index contributed by atoms with van der Waals surface area (Å²) in [6.07, 6.45) is -0.435. The smallest absolute Gasteiger partial charge is 0.215 e. The van der Waals surface area contributed by atoms with E-state index in [2.05, 4.69) is 6.58 Å². The van der Waals surface area contributed by atoms with Gasteiger partial charge in [0.15, 0.2) is 0 Å². The molecule has 0 spiro atoms. The lowest BCUT2D eigenvalue weighted by Crippen LogP contribution is -2.18. The highest BCUT2D eigenvalue weighted by molar-refractivity contribution is 4.86. The van der Waals surface area contributed by atoms with Crippen LogP contribution in [0.5, 0.6) is 0 Å². The first kappa shape index (κ1) is 9.46. The third-order valence-corrected chi connectivity index (χ3v) is 1.06. The molecule has 60 valence electrons. The van der Waals surface area contributed by atoms with E-state index < -0.39 is 6.29 Å². The van der Waals surface area contributed by atoms with Crippen LogP contribution in [0.1, 0.15) is 6.92 Å². The minimum Gasteiger partial charge on any atom is -0.496 e. The fraction of sp³-hybridized carbons (Fsp3) is 0.714. The molecule has 0 fully saturated rings. The van der Waals surface area contributed by atoms with Gasteiger partial charge in [-0.1, -0.05) is 6.58 Å². The zero-order valence-corrected chi connectivity index (χ0v) is 6.72. The van der Waals surface area contributed by atoms with Gasteiger partial charge >= 0.3 is 0 Å². The van der Waals surface area contributed by atoms with E-state index in [1.807, 2.05) is 6.92 Å². The monoisotopic (exact) mass is 146 g/mol. The Morgan fingerprint density at radius 1 is 1.50 bits per heavy atom. The maximum atomic E-state index is 5.10. The van der Waals surface area contributed by atoms with E-state index in [4.69, 9.17) is 14.2 Å². The van der Waals surface area contributed by atoms with Gasteiger partial charge in [0, 0.05) is 13.7 Å². The second kappa shape index (κ2) is 5.26. The van der Waals surface area contributed by atoms with Crippen LogP contribution in [0, 0.1) is 0 Å². The van der Waals surface area contributed by atoms with Gasteiger partial charge in [0.05, 0.1) is 7.11 Å². The van der Waals surface area contributed by atoms with Crippen LogP contribution in [0.15, 0.2) is 12.3 Å². The molecule has 0 N–H and O–H groups in total. The zero-order chi connectivity index (χ0) is 7.98. The Bertz CT molecular complexity index is 101. The quantitative estimate of drug-likeness (QED) is 0.430. The lowest BCUT2D eigenvalue weighted by molar-refractivity contribution is -0.117. The molecule has 0 aromatic rings. The molecule has 0 saturated heterocycles. The normalized spacial score (nSPS) is 12.7. The van der Waals surface area contributed by atoms with E-state index in [1.165, 1.54) is 7.11 Å². The molecule has 0 aliphatic rings. The predicted molar refractivity (Wildman–Crippen MR) is 38.6 cm³/mol. The van der Waals surface area contributed by atoms with Crippen molar-refractivity contribution in [2.24, 2.45) is 0 Å². The summed E-state index contributed by atoms with van der Waals surface area (Å²) in [5.41, 5.74) is 0. The van der Waals surface area contributed by atoms with Gasteiger partial charge in [-0.2, -0.15) is 0 Å². The number of methoxy groups -OCH3 is 2. The Hall–Kier alpha value is -0.540. The van der Waals surface area contributed by atoms with Crippen molar-refractivity contribution in [1.29, 1.82) is 0 Å². The van der Waals surface area contributed by atoms with Crippen LogP contribution in [0.3, 0.4) is 0 Å². The van der Waals surface area contributed by atoms with Crippen molar-refractivity contribution >= 4 is 0 Å². The van der Waals surface area contributed by atoms with E-state index in [1.54, 1.807) is 7.11 Å². The average Bonchev–Trinajstić information content (AvgIpc) is 1.99. The van der Waals surface area contributed by atoms with Gasteiger partial charge in [-0.05, 0) is 6.92 Å². The van der Waals surface area contributed by atoms with E-state index in [0.717, 1.165) is 0 Å². The average molecular weight is 146 g/mol. The maximum Gasteiger partial charge on any atom is 0.215 e. The van der Waals surface area contributed by atoms with Crippen LogP contribution >= 0.6 is 0 Å². The topological polar surface area (TPSA) is 27.7 Å². The molecule has 0 aliphatic heterocycles. The van der Waals surface area contributed by atoms with Crippen molar-refractivity contribution in [3.05, 3.63) is 12.3 Å².